The number of nitrogen functional groups attached to an aromatic ring is 1. The predicted molar refractivity (Wildman–Crippen MR) is 113 cm³/mol. The molecule has 3 N–H and O–H groups in total. The van der Waals surface area contributed by atoms with Crippen LogP contribution in [0, 0.1) is 0 Å². The largest absolute Gasteiger partial charge is 0.457 e. The molecule has 0 aliphatic rings. The van der Waals surface area contributed by atoms with Crippen molar-refractivity contribution in [2.75, 3.05) is 17.6 Å². The summed E-state index contributed by atoms with van der Waals surface area (Å²) < 4.78 is 6.23. The van der Waals surface area contributed by atoms with Crippen LogP contribution in [0.1, 0.15) is 31.9 Å². The molecule has 3 aromatic rings. The number of nitrogens with one attached hydrogen (secondary N) is 1. The summed E-state index contributed by atoms with van der Waals surface area (Å²) in [4.78, 5) is 0. The Morgan fingerprint density at radius 1 is 1.00 bits per heavy atom. The molecule has 136 valence electrons. The molecule has 0 amide bonds. The highest BCUT2D eigenvalue weighted by Gasteiger charge is 2.13. The predicted octanol–water partition coefficient (Wildman–Crippen LogP) is 6.42. The summed E-state index contributed by atoms with van der Waals surface area (Å²) in [7, 11) is 0. The van der Waals surface area contributed by atoms with Crippen molar-refractivity contribution >= 4 is 33.7 Å². The van der Waals surface area contributed by atoms with Crippen molar-refractivity contribution in [3.05, 3.63) is 58.6 Å². The lowest BCUT2D eigenvalue weighted by Crippen LogP contribution is -2.01. The Kier molecular flexibility index (Phi) is 5.58. The molecule has 0 bridgehead atoms. The van der Waals surface area contributed by atoms with Crippen molar-refractivity contribution < 1.29 is 4.74 Å². The fraction of sp³-hybridized carbons (Fsp3) is 0.273. The van der Waals surface area contributed by atoms with Crippen molar-refractivity contribution in [3.8, 4) is 11.5 Å². The summed E-state index contributed by atoms with van der Waals surface area (Å²) in [5.41, 5.74) is 10.5. The van der Waals surface area contributed by atoms with Gasteiger partial charge in [0.1, 0.15) is 11.5 Å². The fourth-order valence-corrected chi connectivity index (χ4v) is 3.51. The Hall–Kier alpha value is -2.39. The van der Waals surface area contributed by atoms with Crippen LogP contribution in [0.25, 0.3) is 10.8 Å². The van der Waals surface area contributed by atoms with Crippen molar-refractivity contribution in [3.63, 3.8) is 0 Å². The smallest absolute Gasteiger partial charge is 0.135 e. The van der Waals surface area contributed by atoms with Crippen molar-refractivity contribution in [2.24, 2.45) is 0 Å². The van der Waals surface area contributed by atoms with Gasteiger partial charge in [-0.05, 0) is 60.5 Å². The van der Waals surface area contributed by atoms with E-state index in [2.05, 4.69) is 31.3 Å². The number of halogens is 1. The van der Waals surface area contributed by atoms with E-state index in [-0.39, 0.29) is 0 Å². The first-order chi connectivity index (χ1) is 12.6. The first kappa shape index (κ1) is 18.4. The van der Waals surface area contributed by atoms with Gasteiger partial charge in [-0.25, -0.2) is 0 Å². The molecule has 26 heavy (non-hydrogen) atoms. The Balaban J connectivity index is 2.10. The standard InChI is InChI=1S/C22H25ClN2O/c1-4-14-12-18-17(16(5-2)22(14)24)8-7-9-21(18)26-15-10-11-19(23)20(13-15)25-6-3/h7-13,25H,4-6,24H2,1-3H3. The molecule has 0 atom stereocenters. The summed E-state index contributed by atoms with van der Waals surface area (Å²) in [6.07, 6.45) is 1.79. The Morgan fingerprint density at radius 2 is 1.81 bits per heavy atom. The minimum Gasteiger partial charge on any atom is -0.457 e. The normalized spacial score (nSPS) is 10.9. The maximum absolute atomic E-state index is 6.38. The number of hydrogen-bond acceptors (Lipinski definition) is 3. The maximum atomic E-state index is 6.38. The number of ether oxygens (including phenoxy) is 1. The molecule has 0 saturated heterocycles. The maximum Gasteiger partial charge on any atom is 0.135 e. The van der Waals surface area contributed by atoms with Gasteiger partial charge in [-0.1, -0.05) is 37.6 Å². The molecule has 3 aromatic carbocycles. The zero-order valence-corrected chi connectivity index (χ0v) is 16.3. The van der Waals surface area contributed by atoms with Gasteiger partial charge in [-0.15, -0.1) is 0 Å². The average Bonchev–Trinajstić information content (AvgIpc) is 2.64. The van der Waals surface area contributed by atoms with Crippen LogP contribution in [0.4, 0.5) is 11.4 Å². The highest BCUT2D eigenvalue weighted by atomic mass is 35.5. The van der Waals surface area contributed by atoms with E-state index >= 15 is 0 Å². The number of hydrogen-bond donors (Lipinski definition) is 2. The molecular formula is C22H25ClN2O. The molecule has 4 heteroatoms. The van der Waals surface area contributed by atoms with E-state index in [1.165, 1.54) is 5.56 Å². The van der Waals surface area contributed by atoms with Gasteiger partial charge in [0.25, 0.3) is 0 Å². The third kappa shape index (κ3) is 3.45. The number of benzene rings is 3. The second-order valence-corrected chi connectivity index (χ2v) is 6.67. The molecule has 0 heterocycles. The molecule has 0 spiro atoms. The first-order valence-electron chi connectivity index (χ1n) is 9.13. The summed E-state index contributed by atoms with van der Waals surface area (Å²) >= 11 is 6.24. The van der Waals surface area contributed by atoms with Crippen LogP contribution in [0.15, 0.2) is 42.5 Å². The Bertz CT molecular complexity index is 937. The van der Waals surface area contributed by atoms with Gasteiger partial charge in [0.05, 0.1) is 10.7 Å². The fourth-order valence-electron chi connectivity index (χ4n) is 3.33. The van der Waals surface area contributed by atoms with Gasteiger partial charge in [0, 0.05) is 23.7 Å². The number of rotatable bonds is 6. The van der Waals surface area contributed by atoms with E-state index < -0.39 is 0 Å². The Labute approximate surface area is 160 Å². The van der Waals surface area contributed by atoms with Gasteiger partial charge in [-0.3, -0.25) is 0 Å². The third-order valence-electron chi connectivity index (χ3n) is 4.65. The van der Waals surface area contributed by atoms with Crippen LogP contribution in [-0.2, 0) is 12.8 Å². The van der Waals surface area contributed by atoms with Crippen LogP contribution in [-0.4, -0.2) is 6.54 Å². The second kappa shape index (κ2) is 7.88. The van der Waals surface area contributed by atoms with Gasteiger partial charge in [-0.2, -0.15) is 0 Å². The second-order valence-electron chi connectivity index (χ2n) is 6.26. The topological polar surface area (TPSA) is 47.3 Å². The molecule has 0 radical (unpaired) electrons. The minimum absolute atomic E-state index is 0.687. The summed E-state index contributed by atoms with van der Waals surface area (Å²) in [6, 6.07) is 14.0. The van der Waals surface area contributed by atoms with Crippen molar-refractivity contribution in [1.29, 1.82) is 0 Å². The highest BCUT2D eigenvalue weighted by Crippen LogP contribution is 2.37. The summed E-state index contributed by atoms with van der Waals surface area (Å²) in [5, 5.41) is 6.19. The van der Waals surface area contributed by atoms with Crippen LogP contribution in [0.5, 0.6) is 11.5 Å². The third-order valence-corrected chi connectivity index (χ3v) is 4.98. The molecule has 0 aromatic heterocycles. The monoisotopic (exact) mass is 368 g/mol. The van der Waals surface area contributed by atoms with E-state index in [1.807, 2.05) is 37.3 Å². The molecule has 0 fully saturated rings. The average molecular weight is 369 g/mol. The number of anilines is 2. The van der Waals surface area contributed by atoms with E-state index in [0.29, 0.717) is 5.02 Å². The number of nitrogens with two attached hydrogens (primary N) is 1. The van der Waals surface area contributed by atoms with E-state index in [4.69, 9.17) is 22.1 Å². The van der Waals surface area contributed by atoms with Crippen LogP contribution < -0.4 is 15.8 Å². The molecule has 0 saturated carbocycles. The lowest BCUT2D eigenvalue weighted by molar-refractivity contribution is 0.488. The van der Waals surface area contributed by atoms with Gasteiger partial charge in [0.15, 0.2) is 0 Å². The lowest BCUT2D eigenvalue weighted by Gasteiger charge is -2.16. The first-order valence-corrected chi connectivity index (χ1v) is 9.51. The minimum atomic E-state index is 0.687. The molecule has 0 aliphatic carbocycles. The van der Waals surface area contributed by atoms with E-state index in [0.717, 1.165) is 58.6 Å². The number of fused-ring (bicyclic) bond motifs is 1. The van der Waals surface area contributed by atoms with Crippen LogP contribution >= 0.6 is 11.6 Å². The summed E-state index contributed by atoms with van der Waals surface area (Å²) in [6.45, 7) is 7.11. The molecule has 0 aliphatic heterocycles. The van der Waals surface area contributed by atoms with Crippen LogP contribution in [0.3, 0.4) is 0 Å². The molecular weight excluding hydrogens is 344 g/mol. The van der Waals surface area contributed by atoms with Crippen molar-refractivity contribution in [2.45, 2.75) is 33.6 Å². The van der Waals surface area contributed by atoms with E-state index in [9.17, 15) is 0 Å². The highest BCUT2D eigenvalue weighted by molar-refractivity contribution is 6.33. The SMILES string of the molecule is CCNc1cc(Oc2cccc3c(CC)c(N)c(CC)cc23)ccc1Cl. The zero-order chi connectivity index (χ0) is 18.7. The van der Waals surface area contributed by atoms with Gasteiger partial charge >= 0.3 is 0 Å². The van der Waals surface area contributed by atoms with Crippen LogP contribution in [0.2, 0.25) is 5.02 Å². The molecule has 3 rings (SSSR count). The Morgan fingerprint density at radius 3 is 2.50 bits per heavy atom. The van der Waals surface area contributed by atoms with Gasteiger partial charge in [0.2, 0.25) is 0 Å². The van der Waals surface area contributed by atoms with E-state index in [1.54, 1.807) is 0 Å². The van der Waals surface area contributed by atoms with Crippen molar-refractivity contribution in [1.82, 2.24) is 0 Å². The lowest BCUT2D eigenvalue weighted by atomic mass is 9.95. The summed E-state index contributed by atoms with van der Waals surface area (Å²) in [5.74, 6) is 1.59. The zero-order valence-electron chi connectivity index (χ0n) is 15.5. The van der Waals surface area contributed by atoms with Gasteiger partial charge < -0.3 is 15.8 Å². The quantitative estimate of drug-likeness (QED) is 0.493. The molecule has 0 unspecified atom stereocenters. The number of aryl methyl sites for hydroxylation is 2. The molecule has 3 nitrogen and oxygen atoms in total.